The standard InChI is InChI=1S/C16H16N2O3/c1-10-3-6-13(7-4-10)17-16(21)18-14-8-5-12(15(19)20)9-11(14)2/h3-9H,1-2H3,(H,19,20)(H2,17,18,21). The second-order valence-electron chi connectivity index (χ2n) is 4.78. The Bertz CT molecular complexity index is 678. The van der Waals surface area contributed by atoms with Gasteiger partial charge in [-0.05, 0) is 49.7 Å². The number of hydrogen-bond donors (Lipinski definition) is 3. The number of aromatic carboxylic acids is 1. The van der Waals surface area contributed by atoms with Crippen molar-refractivity contribution in [3.05, 3.63) is 59.2 Å². The molecule has 2 amide bonds. The summed E-state index contributed by atoms with van der Waals surface area (Å²) in [5.41, 5.74) is 3.26. The van der Waals surface area contributed by atoms with Gasteiger partial charge in [0.05, 0.1) is 5.56 Å². The van der Waals surface area contributed by atoms with Crippen LogP contribution >= 0.6 is 0 Å². The number of aryl methyl sites for hydroxylation is 2. The van der Waals surface area contributed by atoms with E-state index in [1.807, 2.05) is 31.2 Å². The molecule has 0 aliphatic carbocycles. The lowest BCUT2D eigenvalue weighted by atomic mass is 10.1. The lowest BCUT2D eigenvalue weighted by molar-refractivity contribution is 0.0697. The number of carbonyl (C=O) groups excluding carboxylic acids is 1. The number of carboxylic acid groups (broad SMARTS) is 1. The highest BCUT2D eigenvalue weighted by Gasteiger charge is 2.08. The van der Waals surface area contributed by atoms with Gasteiger partial charge in [-0.25, -0.2) is 9.59 Å². The summed E-state index contributed by atoms with van der Waals surface area (Å²) in [7, 11) is 0. The number of hydrogen-bond acceptors (Lipinski definition) is 2. The van der Waals surface area contributed by atoms with E-state index in [0.717, 1.165) is 5.56 Å². The van der Waals surface area contributed by atoms with Crippen molar-refractivity contribution in [2.75, 3.05) is 10.6 Å². The first-order valence-electron chi connectivity index (χ1n) is 6.44. The Morgan fingerprint density at radius 1 is 0.952 bits per heavy atom. The highest BCUT2D eigenvalue weighted by molar-refractivity contribution is 6.00. The van der Waals surface area contributed by atoms with Gasteiger partial charge >= 0.3 is 12.0 Å². The molecule has 5 heteroatoms. The van der Waals surface area contributed by atoms with Crippen LogP contribution in [0.2, 0.25) is 0 Å². The van der Waals surface area contributed by atoms with E-state index in [-0.39, 0.29) is 11.6 Å². The monoisotopic (exact) mass is 284 g/mol. The molecule has 0 heterocycles. The zero-order chi connectivity index (χ0) is 15.4. The van der Waals surface area contributed by atoms with Crippen molar-refractivity contribution in [1.82, 2.24) is 0 Å². The third kappa shape index (κ3) is 3.82. The number of urea groups is 1. The lowest BCUT2D eigenvalue weighted by Crippen LogP contribution is -2.20. The Labute approximate surface area is 122 Å². The molecule has 5 nitrogen and oxygen atoms in total. The van der Waals surface area contributed by atoms with Crippen LogP contribution in [0.15, 0.2) is 42.5 Å². The molecule has 0 aromatic heterocycles. The molecule has 2 rings (SSSR count). The highest BCUT2D eigenvalue weighted by Crippen LogP contribution is 2.17. The molecule has 0 saturated heterocycles. The predicted octanol–water partition coefficient (Wildman–Crippen LogP) is 3.65. The molecule has 108 valence electrons. The van der Waals surface area contributed by atoms with E-state index in [1.54, 1.807) is 13.0 Å². The maximum absolute atomic E-state index is 11.9. The van der Waals surface area contributed by atoms with Crippen molar-refractivity contribution in [3.8, 4) is 0 Å². The summed E-state index contributed by atoms with van der Waals surface area (Å²) in [6.07, 6.45) is 0. The largest absolute Gasteiger partial charge is 0.478 e. The smallest absolute Gasteiger partial charge is 0.335 e. The lowest BCUT2D eigenvalue weighted by Gasteiger charge is -2.10. The van der Waals surface area contributed by atoms with E-state index in [0.29, 0.717) is 16.9 Å². The van der Waals surface area contributed by atoms with E-state index in [9.17, 15) is 9.59 Å². The number of rotatable bonds is 3. The Hall–Kier alpha value is -2.82. The SMILES string of the molecule is Cc1ccc(NC(=O)Nc2ccc(C(=O)O)cc2C)cc1. The third-order valence-corrected chi connectivity index (χ3v) is 3.03. The number of anilines is 2. The molecular formula is C16H16N2O3. The normalized spacial score (nSPS) is 10.0. The maximum Gasteiger partial charge on any atom is 0.335 e. The summed E-state index contributed by atoms with van der Waals surface area (Å²) in [5, 5.41) is 14.3. The van der Waals surface area contributed by atoms with Crippen LogP contribution in [0.3, 0.4) is 0 Å². The van der Waals surface area contributed by atoms with Crippen LogP contribution in [0.5, 0.6) is 0 Å². The molecule has 21 heavy (non-hydrogen) atoms. The van der Waals surface area contributed by atoms with Crippen molar-refractivity contribution in [2.24, 2.45) is 0 Å². The van der Waals surface area contributed by atoms with Gasteiger partial charge in [0.2, 0.25) is 0 Å². The second kappa shape index (κ2) is 6.09. The van der Waals surface area contributed by atoms with Gasteiger partial charge in [-0.3, -0.25) is 0 Å². The molecule has 0 radical (unpaired) electrons. The Morgan fingerprint density at radius 2 is 1.62 bits per heavy atom. The summed E-state index contributed by atoms with van der Waals surface area (Å²) in [4.78, 5) is 22.8. The Morgan fingerprint density at radius 3 is 2.19 bits per heavy atom. The number of carboxylic acids is 1. The molecule has 0 aliphatic rings. The molecule has 0 bridgehead atoms. The van der Waals surface area contributed by atoms with Crippen LogP contribution in [-0.2, 0) is 0 Å². The van der Waals surface area contributed by atoms with Crippen LogP contribution < -0.4 is 10.6 Å². The highest BCUT2D eigenvalue weighted by atomic mass is 16.4. The molecule has 3 N–H and O–H groups in total. The minimum absolute atomic E-state index is 0.192. The molecule has 2 aromatic rings. The fourth-order valence-electron chi connectivity index (χ4n) is 1.86. The quantitative estimate of drug-likeness (QED) is 0.805. The second-order valence-corrected chi connectivity index (χ2v) is 4.78. The van der Waals surface area contributed by atoms with E-state index >= 15 is 0 Å². The average Bonchev–Trinajstić information content (AvgIpc) is 2.43. The van der Waals surface area contributed by atoms with Gasteiger partial charge in [-0.15, -0.1) is 0 Å². The maximum atomic E-state index is 11.9. The van der Waals surface area contributed by atoms with Crippen LogP contribution in [0, 0.1) is 13.8 Å². The first-order chi connectivity index (χ1) is 9.95. The topological polar surface area (TPSA) is 78.4 Å². The fraction of sp³-hybridized carbons (Fsp3) is 0.125. The van der Waals surface area contributed by atoms with Crippen molar-refractivity contribution in [2.45, 2.75) is 13.8 Å². The summed E-state index contributed by atoms with van der Waals surface area (Å²) in [6, 6.07) is 11.6. The first-order valence-corrected chi connectivity index (χ1v) is 6.44. The summed E-state index contributed by atoms with van der Waals surface area (Å²) < 4.78 is 0. The van der Waals surface area contributed by atoms with Gasteiger partial charge in [-0.1, -0.05) is 17.7 Å². The zero-order valence-electron chi connectivity index (χ0n) is 11.8. The van der Waals surface area contributed by atoms with Crippen LogP contribution in [0.4, 0.5) is 16.2 Å². The average molecular weight is 284 g/mol. The number of carbonyl (C=O) groups is 2. The van der Waals surface area contributed by atoms with E-state index in [2.05, 4.69) is 10.6 Å². The fourth-order valence-corrected chi connectivity index (χ4v) is 1.86. The molecule has 0 atom stereocenters. The molecule has 0 saturated carbocycles. The minimum atomic E-state index is -0.992. The van der Waals surface area contributed by atoms with Crippen molar-refractivity contribution < 1.29 is 14.7 Å². The van der Waals surface area contributed by atoms with Gasteiger partial charge in [0.1, 0.15) is 0 Å². The Balaban J connectivity index is 2.06. The zero-order valence-corrected chi connectivity index (χ0v) is 11.8. The number of amides is 2. The molecule has 0 spiro atoms. The van der Waals surface area contributed by atoms with Gasteiger partial charge in [0.25, 0.3) is 0 Å². The summed E-state index contributed by atoms with van der Waals surface area (Å²) in [6.45, 7) is 3.71. The van der Waals surface area contributed by atoms with Gasteiger partial charge in [0, 0.05) is 11.4 Å². The van der Waals surface area contributed by atoms with Gasteiger partial charge in [-0.2, -0.15) is 0 Å². The third-order valence-electron chi connectivity index (χ3n) is 3.03. The molecular weight excluding hydrogens is 268 g/mol. The Kier molecular flexibility index (Phi) is 4.23. The number of benzene rings is 2. The van der Waals surface area contributed by atoms with Crippen LogP contribution in [0.1, 0.15) is 21.5 Å². The molecule has 2 aromatic carbocycles. The summed E-state index contributed by atoms with van der Waals surface area (Å²) in [5.74, 6) is -0.992. The van der Waals surface area contributed by atoms with Crippen LogP contribution in [-0.4, -0.2) is 17.1 Å². The molecule has 0 fully saturated rings. The van der Waals surface area contributed by atoms with Gasteiger partial charge in [0.15, 0.2) is 0 Å². The molecule has 0 aliphatic heterocycles. The first kappa shape index (κ1) is 14.6. The van der Waals surface area contributed by atoms with Crippen molar-refractivity contribution in [1.29, 1.82) is 0 Å². The van der Waals surface area contributed by atoms with E-state index in [1.165, 1.54) is 12.1 Å². The predicted molar refractivity (Wildman–Crippen MR) is 82.0 cm³/mol. The van der Waals surface area contributed by atoms with E-state index in [4.69, 9.17) is 5.11 Å². The van der Waals surface area contributed by atoms with Crippen molar-refractivity contribution >= 4 is 23.4 Å². The van der Waals surface area contributed by atoms with Crippen molar-refractivity contribution in [3.63, 3.8) is 0 Å². The van der Waals surface area contributed by atoms with Crippen LogP contribution in [0.25, 0.3) is 0 Å². The molecule has 0 unspecified atom stereocenters. The summed E-state index contributed by atoms with van der Waals surface area (Å²) >= 11 is 0. The van der Waals surface area contributed by atoms with E-state index < -0.39 is 5.97 Å². The minimum Gasteiger partial charge on any atom is -0.478 e. The van der Waals surface area contributed by atoms with Gasteiger partial charge < -0.3 is 15.7 Å². The number of nitrogens with one attached hydrogen (secondary N) is 2.